The number of allylic oxidation sites excluding steroid dienone is 4. The summed E-state index contributed by atoms with van der Waals surface area (Å²) in [6.45, 7) is 16.9. The van der Waals surface area contributed by atoms with Crippen LogP contribution in [-0.4, -0.2) is 24.1 Å². The van der Waals surface area contributed by atoms with E-state index >= 15 is 0 Å². The first kappa shape index (κ1) is 38.2. The first-order chi connectivity index (χ1) is 27.8. The van der Waals surface area contributed by atoms with E-state index in [2.05, 4.69) is 181 Å². The van der Waals surface area contributed by atoms with Gasteiger partial charge in [-0.3, -0.25) is 4.79 Å². The van der Waals surface area contributed by atoms with E-state index in [-0.39, 0.29) is 24.1 Å². The number of carbonyl (C=O) groups excluding carboxylic acids is 1. The van der Waals surface area contributed by atoms with Gasteiger partial charge in [0, 0.05) is 26.8 Å². The number of aryl methyl sites for hydroxylation is 4. The molecule has 0 atom stereocenters. The molecule has 0 bridgehead atoms. The number of rotatable bonds is 4. The van der Waals surface area contributed by atoms with Gasteiger partial charge in [0.15, 0.2) is 5.78 Å². The summed E-state index contributed by atoms with van der Waals surface area (Å²) in [6.07, 6.45) is 0. The first-order valence-corrected chi connectivity index (χ1v) is 20.9. The van der Waals surface area contributed by atoms with Crippen LogP contribution in [0.5, 0.6) is 0 Å². The van der Waals surface area contributed by atoms with Crippen LogP contribution in [-0.2, 0) is 14.1 Å². The van der Waals surface area contributed by atoms with Gasteiger partial charge in [-0.1, -0.05) is 143 Å². The van der Waals surface area contributed by atoms with Crippen LogP contribution in [0, 0.1) is 27.7 Å². The normalized spacial score (nSPS) is 16.4. The lowest BCUT2D eigenvalue weighted by molar-refractivity contribution is -0.108. The van der Waals surface area contributed by atoms with Gasteiger partial charge in [-0.2, -0.15) is 0 Å². The molecule has 0 radical (unpaired) electrons. The Labute approximate surface area is 350 Å². The average molecular weight is 822 g/mol. The lowest BCUT2D eigenvalue weighted by atomic mass is 9.74. The second-order valence-corrected chi connectivity index (χ2v) is 17.7. The van der Waals surface area contributed by atoms with Gasteiger partial charge in [-0.05, 0) is 144 Å². The topological polar surface area (TPSA) is 35.5 Å². The Balaban J connectivity index is 0.000000152. The van der Waals surface area contributed by atoms with E-state index in [9.17, 15) is 4.79 Å². The van der Waals surface area contributed by atoms with Gasteiger partial charge in [-0.15, -0.1) is 0 Å². The third-order valence-corrected chi connectivity index (χ3v) is 13.5. The van der Waals surface area contributed by atoms with Crippen LogP contribution in [0.3, 0.4) is 0 Å². The van der Waals surface area contributed by atoms with Gasteiger partial charge < -0.3 is 9.31 Å². The van der Waals surface area contributed by atoms with Crippen LogP contribution in [0.1, 0.15) is 72.2 Å². The third kappa shape index (κ3) is 5.97. The number of fused-ring (bicyclic) bond motifs is 4. The molecular weight excluding hydrogens is 775 g/mol. The Morgan fingerprint density at radius 1 is 0.448 bits per heavy atom. The molecule has 2 aliphatic carbocycles. The highest BCUT2D eigenvalue weighted by Gasteiger charge is 2.52. The second kappa shape index (κ2) is 14.2. The van der Waals surface area contributed by atoms with Crippen molar-refractivity contribution in [2.45, 2.75) is 66.6 Å². The predicted molar refractivity (Wildman–Crippen MR) is 247 cm³/mol. The molecule has 0 unspecified atom stereocenters. The molecule has 1 fully saturated rings. The minimum Gasteiger partial charge on any atom is -0.399 e. The molecule has 0 amide bonds. The van der Waals surface area contributed by atoms with Gasteiger partial charge in [0.1, 0.15) is 0 Å². The smallest absolute Gasteiger partial charge is 0.399 e. The highest BCUT2D eigenvalue weighted by Crippen LogP contribution is 2.57. The average Bonchev–Trinajstić information content (AvgIpc) is 3.76. The molecule has 1 saturated heterocycles. The fraction of sp³-hybridized carbons (Fsp3) is 0.189. The molecule has 7 aromatic carbocycles. The second-order valence-electron chi connectivity index (χ2n) is 16.9. The summed E-state index contributed by atoms with van der Waals surface area (Å²) in [6, 6.07) is 46.5. The number of carbonyl (C=O) groups is 1. The Hall–Kier alpha value is -5.33. The first-order valence-electron chi connectivity index (χ1n) is 20.1. The quantitative estimate of drug-likeness (QED) is 0.166. The Kier molecular flexibility index (Phi) is 9.35. The van der Waals surface area contributed by atoms with E-state index in [1.165, 1.54) is 43.8 Å². The molecule has 1 heterocycles. The zero-order valence-corrected chi connectivity index (χ0v) is 36.0. The summed E-state index contributed by atoms with van der Waals surface area (Å²) in [5, 5.41) is 4.84. The standard InChI is InChI=1S/C29H19BrO.C24H27BO2/c1-16-8-3-5-10-18(16)27-25-21-13-7-12-20-23(30)15-14-22(24(20)21)26(25)28(29(27)31)19-11-6-4-9-17(19)2;1-16-10-9-11-17(2)22(16)20-14-15-21(19-13-8-7-12-18(19)20)25-26-23(3,4)24(5,6)27-25/h3-15H,1-2H3;7-15H,1-6H3. The van der Waals surface area contributed by atoms with E-state index in [0.29, 0.717) is 0 Å². The molecule has 0 saturated carbocycles. The predicted octanol–water partition coefficient (Wildman–Crippen LogP) is 13.1. The number of benzene rings is 7. The van der Waals surface area contributed by atoms with Crippen molar-refractivity contribution < 1.29 is 14.1 Å². The van der Waals surface area contributed by atoms with Crippen molar-refractivity contribution in [3.63, 3.8) is 0 Å². The SMILES string of the molecule is Cc1cccc(C)c1-c1ccc(B2OC(C)(C)C(C)(C)O2)c2ccccc12.Cc1ccccc1C1=C2C(=C(c3ccccc3C)C1=O)c1ccc(Br)c3cccc2c13. The van der Waals surface area contributed by atoms with Crippen molar-refractivity contribution in [2.75, 3.05) is 0 Å². The minimum atomic E-state index is -0.355. The zero-order valence-electron chi connectivity index (χ0n) is 34.4. The minimum absolute atomic E-state index is 0.124. The largest absolute Gasteiger partial charge is 0.495 e. The van der Waals surface area contributed by atoms with Crippen molar-refractivity contribution in [1.29, 1.82) is 0 Å². The summed E-state index contributed by atoms with van der Waals surface area (Å²) in [5.41, 5.74) is 16.0. The molecule has 0 aromatic heterocycles. The van der Waals surface area contributed by atoms with Crippen LogP contribution in [0.4, 0.5) is 0 Å². The maximum atomic E-state index is 14.1. The van der Waals surface area contributed by atoms with Gasteiger partial charge in [0.2, 0.25) is 0 Å². The van der Waals surface area contributed by atoms with Crippen LogP contribution in [0.2, 0.25) is 0 Å². The monoisotopic (exact) mass is 820 g/mol. The van der Waals surface area contributed by atoms with Crippen molar-refractivity contribution in [2.24, 2.45) is 0 Å². The summed E-state index contributed by atoms with van der Waals surface area (Å²) < 4.78 is 13.7. The van der Waals surface area contributed by atoms with Crippen molar-refractivity contribution in [1.82, 2.24) is 0 Å². The molecule has 3 aliphatic rings. The van der Waals surface area contributed by atoms with Gasteiger partial charge in [-0.25, -0.2) is 0 Å². The van der Waals surface area contributed by atoms with E-state index in [1.54, 1.807) is 0 Å². The highest BCUT2D eigenvalue weighted by molar-refractivity contribution is 9.10. The molecule has 0 spiro atoms. The summed E-state index contributed by atoms with van der Waals surface area (Å²) in [4.78, 5) is 14.1. The van der Waals surface area contributed by atoms with E-state index in [1.807, 2.05) is 24.3 Å². The number of hydrogen-bond acceptors (Lipinski definition) is 3. The Morgan fingerprint density at radius 3 is 1.48 bits per heavy atom. The van der Waals surface area contributed by atoms with E-state index in [0.717, 1.165) is 65.6 Å². The van der Waals surface area contributed by atoms with Gasteiger partial charge in [0.25, 0.3) is 0 Å². The Bertz CT molecular complexity index is 2820. The fourth-order valence-electron chi connectivity index (χ4n) is 9.10. The summed E-state index contributed by atoms with van der Waals surface area (Å²) in [7, 11) is -0.355. The van der Waals surface area contributed by atoms with Crippen molar-refractivity contribution in [3.8, 4) is 11.1 Å². The van der Waals surface area contributed by atoms with Crippen LogP contribution in [0.25, 0.3) is 55.0 Å². The van der Waals surface area contributed by atoms with Crippen molar-refractivity contribution >= 4 is 78.1 Å². The number of halogens is 1. The van der Waals surface area contributed by atoms with Crippen LogP contribution in [0.15, 0.2) is 138 Å². The van der Waals surface area contributed by atoms with E-state index < -0.39 is 0 Å². The molecule has 1 aliphatic heterocycles. The maximum Gasteiger partial charge on any atom is 0.495 e. The highest BCUT2D eigenvalue weighted by atomic mass is 79.9. The summed E-state index contributed by atoms with van der Waals surface area (Å²) in [5.74, 6) is 0.124. The van der Waals surface area contributed by atoms with Gasteiger partial charge >= 0.3 is 7.12 Å². The maximum absolute atomic E-state index is 14.1. The number of hydrogen-bond donors (Lipinski definition) is 0. The fourth-order valence-corrected chi connectivity index (χ4v) is 9.57. The third-order valence-electron chi connectivity index (χ3n) is 12.8. The van der Waals surface area contributed by atoms with E-state index in [4.69, 9.17) is 9.31 Å². The van der Waals surface area contributed by atoms with Crippen LogP contribution < -0.4 is 5.46 Å². The molecule has 58 heavy (non-hydrogen) atoms. The molecular formula is C53H46BBrO3. The Morgan fingerprint density at radius 2 is 0.897 bits per heavy atom. The lowest BCUT2D eigenvalue weighted by Crippen LogP contribution is -2.41. The van der Waals surface area contributed by atoms with Crippen molar-refractivity contribution in [3.05, 3.63) is 182 Å². The molecule has 286 valence electrons. The van der Waals surface area contributed by atoms with Gasteiger partial charge in [0.05, 0.1) is 11.2 Å². The van der Waals surface area contributed by atoms with Crippen LogP contribution >= 0.6 is 15.9 Å². The zero-order chi connectivity index (χ0) is 40.7. The molecule has 5 heteroatoms. The number of ketones is 1. The molecule has 3 nitrogen and oxygen atoms in total. The number of Topliss-reactive ketones (excluding diaryl/α,β-unsaturated/α-hetero) is 1. The molecule has 7 aromatic rings. The summed E-state index contributed by atoms with van der Waals surface area (Å²) >= 11 is 3.73. The molecule has 10 rings (SSSR count). The molecule has 0 N–H and O–H groups in total. The lowest BCUT2D eigenvalue weighted by Gasteiger charge is -2.32.